The van der Waals surface area contributed by atoms with Gasteiger partial charge in [0, 0.05) is 17.0 Å². The van der Waals surface area contributed by atoms with Crippen molar-refractivity contribution in [2.45, 2.75) is 0 Å². The van der Waals surface area contributed by atoms with Gasteiger partial charge < -0.3 is 0 Å². The molecule has 0 unspecified atom stereocenters. The van der Waals surface area contributed by atoms with Gasteiger partial charge in [-0.2, -0.15) is 4.37 Å². The molecule has 1 aliphatic rings. The van der Waals surface area contributed by atoms with Gasteiger partial charge >= 0.3 is 0 Å². The second kappa shape index (κ2) is 6.89. The number of ketones is 2. The molecular weight excluding hydrogens is 308 g/mol. The summed E-state index contributed by atoms with van der Waals surface area (Å²) in [6.07, 6.45) is 5.66. The third-order valence-electron chi connectivity index (χ3n) is 3.18. The molecule has 2 aromatic heterocycles. The Labute approximate surface area is 137 Å². The molecular formula is C18H12N2O2S. The maximum Gasteiger partial charge on any atom is 0.188 e. The molecule has 0 radical (unpaired) electrons. The smallest absolute Gasteiger partial charge is 0.188 e. The van der Waals surface area contributed by atoms with Crippen molar-refractivity contribution in [2.75, 3.05) is 0 Å². The van der Waals surface area contributed by atoms with Crippen LogP contribution in [0.1, 0.15) is 5.69 Å². The number of fused-ring (bicyclic) bond motifs is 1. The molecule has 1 aliphatic carbocycles. The average molecular weight is 320 g/mol. The van der Waals surface area contributed by atoms with Crippen LogP contribution in [0.2, 0.25) is 0 Å². The lowest BCUT2D eigenvalue weighted by Crippen LogP contribution is -2.06. The van der Waals surface area contributed by atoms with Crippen LogP contribution in [0.15, 0.2) is 72.3 Å². The minimum Gasteiger partial charge on any atom is -0.290 e. The Bertz CT molecular complexity index is 846. The number of rotatable bonds is 1. The summed E-state index contributed by atoms with van der Waals surface area (Å²) in [5.41, 5.74) is 2.02. The minimum absolute atomic E-state index is 0.162. The Balaban J connectivity index is 0.000000140. The lowest BCUT2D eigenvalue weighted by atomic mass is 10.0. The molecule has 0 saturated heterocycles. The number of para-hydroxylation sites is 1. The predicted molar refractivity (Wildman–Crippen MR) is 91.0 cm³/mol. The largest absolute Gasteiger partial charge is 0.290 e. The Morgan fingerprint density at radius 3 is 2.52 bits per heavy atom. The minimum atomic E-state index is -0.164. The van der Waals surface area contributed by atoms with Crippen LogP contribution in [0.25, 0.3) is 16.5 Å². The van der Waals surface area contributed by atoms with Crippen LogP contribution in [0.3, 0.4) is 0 Å². The number of carbonyl (C=O) groups excluding carboxylic acids is 2. The molecule has 0 fully saturated rings. The first-order valence-corrected chi connectivity index (χ1v) is 7.76. The molecule has 0 saturated carbocycles. The fourth-order valence-electron chi connectivity index (χ4n) is 2.08. The molecule has 0 N–H and O–H groups in total. The van der Waals surface area contributed by atoms with Crippen LogP contribution < -0.4 is 0 Å². The van der Waals surface area contributed by atoms with E-state index in [2.05, 4.69) is 21.5 Å². The van der Waals surface area contributed by atoms with Crippen LogP contribution in [0.5, 0.6) is 0 Å². The molecule has 5 heteroatoms. The molecule has 23 heavy (non-hydrogen) atoms. The maximum atomic E-state index is 11.3. The van der Waals surface area contributed by atoms with Crippen molar-refractivity contribution in [3.8, 4) is 0 Å². The molecule has 1 aromatic carbocycles. The van der Waals surface area contributed by atoms with Gasteiger partial charge in [0.15, 0.2) is 11.6 Å². The van der Waals surface area contributed by atoms with E-state index >= 15 is 0 Å². The number of nitrogens with zero attached hydrogens (tertiary/aromatic N) is 2. The van der Waals surface area contributed by atoms with Gasteiger partial charge in [-0.25, -0.2) is 0 Å². The van der Waals surface area contributed by atoms with E-state index in [1.807, 2.05) is 30.5 Å². The highest BCUT2D eigenvalue weighted by molar-refractivity contribution is 7.03. The zero-order valence-corrected chi connectivity index (χ0v) is 12.9. The van der Waals surface area contributed by atoms with Crippen molar-refractivity contribution in [3.05, 3.63) is 78.0 Å². The number of aromatic nitrogens is 2. The fraction of sp³-hybridized carbons (Fsp3) is 0. The number of allylic oxidation sites excluding steroid dienone is 4. The molecule has 2 heterocycles. The van der Waals surface area contributed by atoms with Gasteiger partial charge in [-0.05, 0) is 48.0 Å². The Morgan fingerprint density at radius 1 is 0.913 bits per heavy atom. The fourth-order valence-corrected chi connectivity index (χ4v) is 2.60. The molecule has 0 amide bonds. The van der Waals surface area contributed by atoms with Gasteiger partial charge in [0.2, 0.25) is 0 Å². The summed E-state index contributed by atoms with van der Waals surface area (Å²) in [6, 6.07) is 13.8. The highest BCUT2D eigenvalue weighted by Crippen LogP contribution is 2.18. The van der Waals surface area contributed by atoms with E-state index in [0.29, 0.717) is 11.3 Å². The second-order valence-electron chi connectivity index (χ2n) is 4.74. The van der Waals surface area contributed by atoms with Crippen molar-refractivity contribution in [1.29, 1.82) is 0 Å². The van der Waals surface area contributed by atoms with Crippen molar-refractivity contribution in [1.82, 2.24) is 9.36 Å². The van der Waals surface area contributed by atoms with Crippen molar-refractivity contribution in [2.24, 2.45) is 0 Å². The van der Waals surface area contributed by atoms with E-state index in [-0.39, 0.29) is 11.6 Å². The maximum absolute atomic E-state index is 11.3. The summed E-state index contributed by atoms with van der Waals surface area (Å²) in [7, 11) is 0. The van der Waals surface area contributed by atoms with Crippen LogP contribution in [0, 0.1) is 0 Å². The summed E-state index contributed by atoms with van der Waals surface area (Å²) >= 11 is 1.26. The number of pyridine rings is 1. The first-order valence-electron chi connectivity index (χ1n) is 6.92. The SMILES string of the molecule is O=C1C=CC(=O)C(c2ccsn2)=C1.c1ccc2ncccc2c1. The van der Waals surface area contributed by atoms with Crippen molar-refractivity contribution < 1.29 is 9.59 Å². The van der Waals surface area contributed by atoms with Crippen molar-refractivity contribution in [3.63, 3.8) is 0 Å². The summed E-state index contributed by atoms with van der Waals surface area (Å²) in [5.74, 6) is -0.326. The second-order valence-corrected chi connectivity index (χ2v) is 5.40. The lowest BCUT2D eigenvalue weighted by Gasteiger charge is -2.01. The van der Waals surface area contributed by atoms with Gasteiger partial charge in [0.05, 0.1) is 16.8 Å². The molecule has 0 bridgehead atoms. The van der Waals surface area contributed by atoms with Crippen LogP contribution in [-0.2, 0) is 9.59 Å². The number of hydrogen-bond donors (Lipinski definition) is 0. The highest BCUT2D eigenvalue weighted by Gasteiger charge is 2.16. The third-order valence-corrected chi connectivity index (χ3v) is 3.74. The van der Waals surface area contributed by atoms with Crippen molar-refractivity contribution >= 4 is 39.6 Å². The monoisotopic (exact) mass is 320 g/mol. The van der Waals surface area contributed by atoms with Gasteiger partial charge in [-0.1, -0.05) is 24.3 Å². The lowest BCUT2D eigenvalue weighted by molar-refractivity contribution is -0.113. The zero-order valence-electron chi connectivity index (χ0n) is 12.0. The van der Waals surface area contributed by atoms with Crippen LogP contribution in [0.4, 0.5) is 0 Å². The standard InChI is InChI=1S/C9H5NO2S.C9H7N/c11-6-1-2-9(12)7(5-6)8-3-4-13-10-8;1-2-6-9-8(4-1)5-3-7-10-9/h1-5H;1-7H. The first-order chi connectivity index (χ1) is 11.2. The van der Waals surface area contributed by atoms with Crippen LogP contribution >= 0.6 is 11.5 Å². The summed E-state index contributed by atoms with van der Waals surface area (Å²) in [4.78, 5) is 26.5. The summed E-state index contributed by atoms with van der Waals surface area (Å²) in [5, 5.41) is 2.97. The van der Waals surface area contributed by atoms with E-state index < -0.39 is 0 Å². The Kier molecular flexibility index (Phi) is 4.49. The van der Waals surface area contributed by atoms with E-state index in [4.69, 9.17) is 0 Å². The van der Waals surface area contributed by atoms with E-state index in [0.717, 1.165) is 5.52 Å². The van der Waals surface area contributed by atoms with E-state index in [9.17, 15) is 9.59 Å². The average Bonchev–Trinajstić information content (AvgIpc) is 3.12. The van der Waals surface area contributed by atoms with Crippen LogP contribution in [-0.4, -0.2) is 20.9 Å². The van der Waals surface area contributed by atoms with Gasteiger partial charge in [-0.3, -0.25) is 14.6 Å². The molecule has 4 nitrogen and oxygen atoms in total. The Hall–Kier alpha value is -2.92. The molecule has 0 aliphatic heterocycles. The molecule has 4 rings (SSSR count). The first kappa shape index (κ1) is 15.0. The van der Waals surface area contributed by atoms with Gasteiger partial charge in [-0.15, -0.1) is 0 Å². The number of hydrogen-bond acceptors (Lipinski definition) is 5. The highest BCUT2D eigenvalue weighted by atomic mass is 32.1. The molecule has 0 spiro atoms. The third kappa shape index (κ3) is 3.64. The quantitative estimate of drug-likeness (QED) is 0.644. The number of carbonyl (C=O) groups is 2. The topological polar surface area (TPSA) is 59.9 Å². The number of benzene rings is 1. The Morgan fingerprint density at radius 2 is 1.74 bits per heavy atom. The normalized spacial score (nSPS) is 13.5. The van der Waals surface area contributed by atoms with E-state index in [1.165, 1.54) is 35.1 Å². The molecule has 3 aromatic rings. The summed E-state index contributed by atoms with van der Waals surface area (Å²) < 4.78 is 3.99. The zero-order chi connectivity index (χ0) is 16.1. The molecule has 112 valence electrons. The summed E-state index contributed by atoms with van der Waals surface area (Å²) in [6.45, 7) is 0. The molecule has 0 atom stereocenters. The predicted octanol–water partition coefficient (Wildman–Crippen LogP) is 3.47. The van der Waals surface area contributed by atoms with Gasteiger partial charge in [0.25, 0.3) is 0 Å². The van der Waals surface area contributed by atoms with E-state index in [1.54, 1.807) is 11.4 Å². The van der Waals surface area contributed by atoms with Gasteiger partial charge in [0.1, 0.15) is 0 Å².